The minimum Gasteiger partial charge on any atom is -0.356 e. The first-order valence-electron chi connectivity index (χ1n) is 11.0. The minimum absolute atomic E-state index is 0.209. The molecule has 3 saturated heterocycles. The summed E-state index contributed by atoms with van der Waals surface area (Å²) in [6.45, 7) is 7.84. The van der Waals surface area contributed by atoms with Crippen LogP contribution in [0, 0.1) is 0 Å². The molecule has 0 radical (unpaired) electrons. The van der Waals surface area contributed by atoms with Gasteiger partial charge in [0.1, 0.15) is 5.82 Å². The van der Waals surface area contributed by atoms with Crippen LogP contribution in [0.2, 0.25) is 0 Å². The molecule has 0 aromatic carbocycles. The molecule has 7 nitrogen and oxygen atoms in total. The Kier molecular flexibility index (Phi) is 6.29. The number of piperidine rings is 1. The highest BCUT2D eigenvalue weighted by Gasteiger charge is 2.31. The molecular weight excluding hydrogens is 352 g/mol. The number of carbonyl (C=O) groups excluding carboxylic acids is 1. The monoisotopic (exact) mass is 386 g/mol. The van der Waals surface area contributed by atoms with Gasteiger partial charge in [0, 0.05) is 64.5 Å². The average Bonchev–Trinajstić information content (AvgIpc) is 3.00. The van der Waals surface area contributed by atoms with Gasteiger partial charge in [-0.15, -0.1) is 0 Å². The van der Waals surface area contributed by atoms with E-state index in [4.69, 9.17) is 4.98 Å². The van der Waals surface area contributed by atoms with E-state index in [0.717, 1.165) is 70.3 Å². The maximum Gasteiger partial charge on any atom is 0.224 e. The maximum absolute atomic E-state index is 11.5. The molecule has 4 heterocycles. The van der Waals surface area contributed by atoms with E-state index in [1.165, 1.54) is 25.7 Å². The number of nitrogens with zero attached hydrogens (tertiary/aromatic N) is 5. The molecule has 1 unspecified atom stereocenters. The van der Waals surface area contributed by atoms with E-state index in [1.54, 1.807) is 6.92 Å². The number of hydrogen-bond acceptors (Lipinski definition) is 6. The second-order valence-corrected chi connectivity index (χ2v) is 8.50. The van der Waals surface area contributed by atoms with Crippen molar-refractivity contribution in [2.24, 2.45) is 0 Å². The van der Waals surface area contributed by atoms with Gasteiger partial charge in [-0.1, -0.05) is 12.8 Å². The predicted molar refractivity (Wildman–Crippen MR) is 112 cm³/mol. The van der Waals surface area contributed by atoms with Crippen molar-refractivity contribution < 1.29 is 4.79 Å². The van der Waals surface area contributed by atoms with Gasteiger partial charge in [-0.2, -0.15) is 4.98 Å². The fourth-order valence-corrected chi connectivity index (χ4v) is 4.86. The van der Waals surface area contributed by atoms with E-state index < -0.39 is 0 Å². The molecule has 1 atom stereocenters. The molecule has 7 heteroatoms. The molecule has 1 aromatic rings. The Morgan fingerprint density at radius 2 is 1.79 bits per heavy atom. The number of amides is 1. The lowest BCUT2D eigenvalue weighted by molar-refractivity contribution is -0.130. The van der Waals surface area contributed by atoms with Crippen molar-refractivity contribution in [1.82, 2.24) is 19.8 Å². The summed E-state index contributed by atoms with van der Waals surface area (Å²) in [5.41, 5.74) is 0. The molecule has 1 N–H and O–H groups in total. The SMILES string of the molecule is CC(=O)N1CCC(N2CCC(Nc3nccc(N4CCCCCC4)n3)C2)CC1. The number of aromatic nitrogens is 2. The lowest BCUT2D eigenvalue weighted by Crippen LogP contribution is -2.45. The quantitative estimate of drug-likeness (QED) is 0.857. The zero-order chi connectivity index (χ0) is 19.3. The first-order valence-corrected chi connectivity index (χ1v) is 11.0. The summed E-state index contributed by atoms with van der Waals surface area (Å²) in [5, 5.41) is 3.58. The predicted octanol–water partition coefficient (Wildman–Crippen LogP) is 2.35. The van der Waals surface area contributed by atoms with Crippen LogP contribution in [0.4, 0.5) is 11.8 Å². The Hall–Kier alpha value is -1.89. The van der Waals surface area contributed by atoms with Crippen LogP contribution in [-0.4, -0.2) is 77.0 Å². The Balaban J connectivity index is 1.30. The highest BCUT2D eigenvalue weighted by Crippen LogP contribution is 2.23. The van der Waals surface area contributed by atoms with Gasteiger partial charge < -0.3 is 15.1 Å². The summed E-state index contributed by atoms with van der Waals surface area (Å²) in [7, 11) is 0. The lowest BCUT2D eigenvalue weighted by atomic mass is 10.0. The smallest absolute Gasteiger partial charge is 0.224 e. The number of likely N-dealkylation sites (tertiary alicyclic amines) is 2. The van der Waals surface area contributed by atoms with E-state index in [9.17, 15) is 4.79 Å². The van der Waals surface area contributed by atoms with Crippen LogP contribution in [0.1, 0.15) is 51.9 Å². The molecule has 3 aliphatic heterocycles. The molecular formula is C21H34N6O. The van der Waals surface area contributed by atoms with Gasteiger partial charge in [0.05, 0.1) is 0 Å². The van der Waals surface area contributed by atoms with Crippen LogP contribution in [0.25, 0.3) is 0 Å². The average molecular weight is 387 g/mol. The number of hydrogen-bond donors (Lipinski definition) is 1. The van der Waals surface area contributed by atoms with Crippen molar-refractivity contribution in [2.75, 3.05) is 49.5 Å². The third-order valence-electron chi connectivity index (χ3n) is 6.55. The first-order chi connectivity index (χ1) is 13.7. The normalized spacial score (nSPS) is 25.0. The summed E-state index contributed by atoms with van der Waals surface area (Å²) < 4.78 is 0. The molecule has 0 saturated carbocycles. The maximum atomic E-state index is 11.5. The van der Waals surface area contributed by atoms with Crippen molar-refractivity contribution in [1.29, 1.82) is 0 Å². The molecule has 1 amide bonds. The van der Waals surface area contributed by atoms with Gasteiger partial charge in [-0.05, 0) is 38.2 Å². The van der Waals surface area contributed by atoms with Gasteiger partial charge in [-0.3, -0.25) is 9.69 Å². The van der Waals surface area contributed by atoms with Gasteiger partial charge in [0.2, 0.25) is 11.9 Å². The molecule has 3 fully saturated rings. The highest BCUT2D eigenvalue weighted by molar-refractivity contribution is 5.73. The lowest BCUT2D eigenvalue weighted by Gasteiger charge is -2.36. The number of rotatable bonds is 4. The van der Waals surface area contributed by atoms with Gasteiger partial charge in [-0.25, -0.2) is 4.98 Å². The summed E-state index contributed by atoms with van der Waals surface area (Å²) in [4.78, 5) is 27.8. The highest BCUT2D eigenvalue weighted by atomic mass is 16.2. The van der Waals surface area contributed by atoms with E-state index in [-0.39, 0.29) is 5.91 Å². The Morgan fingerprint density at radius 1 is 1.04 bits per heavy atom. The van der Waals surface area contributed by atoms with Crippen LogP contribution < -0.4 is 10.2 Å². The molecule has 4 rings (SSSR count). The Labute approximate surface area is 168 Å². The van der Waals surface area contributed by atoms with E-state index in [1.807, 2.05) is 17.2 Å². The molecule has 154 valence electrons. The molecule has 0 bridgehead atoms. The first kappa shape index (κ1) is 19.4. The third-order valence-corrected chi connectivity index (χ3v) is 6.55. The van der Waals surface area contributed by atoms with Crippen LogP contribution in [0.3, 0.4) is 0 Å². The summed E-state index contributed by atoms with van der Waals surface area (Å²) in [6, 6.07) is 3.05. The Bertz CT molecular complexity index is 652. The van der Waals surface area contributed by atoms with E-state index >= 15 is 0 Å². The van der Waals surface area contributed by atoms with Gasteiger partial charge >= 0.3 is 0 Å². The molecule has 1 aromatic heterocycles. The van der Waals surface area contributed by atoms with E-state index in [2.05, 4.69) is 20.1 Å². The van der Waals surface area contributed by atoms with Gasteiger partial charge in [0.25, 0.3) is 0 Å². The van der Waals surface area contributed by atoms with Crippen molar-refractivity contribution in [3.05, 3.63) is 12.3 Å². The van der Waals surface area contributed by atoms with Crippen molar-refractivity contribution in [3.63, 3.8) is 0 Å². The van der Waals surface area contributed by atoms with Crippen molar-refractivity contribution in [2.45, 2.75) is 64.0 Å². The number of anilines is 2. The number of carbonyl (C=O) groups is 1. The van der Waals surface area contributed by atoms with Gasteiger partial charge in [0.15, 0.2) is 0 Å². The largest absolute Gasteiger partial charge is 0.356 e. The summed E-state index contributed by atoms with van der Waals surface area (Å²) in [6.07, 6.45) is 10.4. The Morgan fingerprint density at radius 3 is 2.50 bits per heavy atom. The standard InChI is InChI=1S/C21H34N6O/c1-17(28)25-14-8-19(9-15-25)27-13-7-18(16-27)23-21-22-10-6-20(24-21)26-11-4-2-3-5-12-26/h6,10,18-19H,2-5,7-9,11-16H2,1H3,(H,22,23,24). The minimum atomic E-state index is 0.209. The summed E-state index contributed by atoms with van der Waals surface area (Å²) in [5.74, 6) is 2.03. The van der Waals surface area contributed by atoms with Crippen LogP contribution in [0.15, 0.2) is 12.3 Å². The molecule has 0 spiro atoms. The zero-order valence-electron chi connectivity index (χ0n) is 17.1. The number of nitrogens with one attached hydrogen (secondary N) is 1. The molecule has 0 aliphatic carbocycles. The second kappa shape index (κ2) is 9.07. The van der Waals surface area contributed by atoms with Crippen molar-refractivity contribution in [3.8, 4) is 0 Å². The second-order valence-electron chi connectivity index (χ2n) is 8.50. The fourth-order valence-electron chi connectivity index (χ4n) is 4.86. The summed E-state index contributed by atoms with van der Waals surface area (Å²) >= 11 is 0. The fraction of sp³-hybridized carbons (Fsp3) is 0.762. The topological polar surface area (TPSA) is 64.6 Å². The van der Waals surface area contributed by atoms with Crippen LogP contribution >= 0.6 is 0 Å². The van der Waals surface area contributed by atoms with Crippen LogP contribution in [-0.2, 0) is 4.79 Å². The molecule has 28 heavy (non-hydrogen) atoms. The zero-order valence-corrected chi connectivity index (χ0v) is 17.1. The van der Waals surface area contributed by atoms with Crippen LogP contribution in [0.5, 0.6) is 0 Å². The van der Waals surface area contributed by atoms with Crippen molar-refractivity contribution >= 4 is 17.7 Å². The third kappa shape index (κ3) is 4.74. The van der Waals surface area contributed by atoms with E-state index in [0.29, 0.717) is 12.1 Å². The molecule has 3 aliphatic rings.